The number of amides is 1. The summed E-state index contributed by atoms with van der Waals surface area (Å²) in [6, 6.07) is 8.80. The highest BCUT2D eigenvalue weighted by Crippen LogP contribution is 2.51. The topological polar surface area (TPSA) is 93.9 Å². The first-order valence-corrected chi connectivity index (χ1v) is 12.7. The summed E-state index contributed by atoms with van der Waals surface area (Å²) in [5, 5.41) is 13.7. The number of hydrogen-bond donors (Lipinski definition) is 1. The van der Waals surface area contributed by atoms with Gasteiger partial charge < -0.3 is 19.5 Å². The summed E-state index contributed by atoms with van der Waals surface area (Å²) in [5.74, 6) is -0.785. The van der Waals surface area contributed by atoms with Gasteiger partial charge in [-0.15, -0.1) is 0 Å². The lowest BCUT2D eigenvalue weighted by molar-refractivity contribution is -0.174. The van der Waals surface area contributed by atoms with Gasteiger partial charge >= 0.3 is 12.1 Å². The normalized spacial score (nSPS) is 26.1. The molecule has 0 atom stereocenters. The van der Waals surface area contributed by atoms with E-state index in [0.717, 1.165) is 55.3 Å². The number of carbonyl (C=O) groups is 2. The summed E-state index contributed by atoms with van der Waals surface area (Å²) in [4.78, 5) is 25.6. The van der Waals surface area contributed by atoms with Crippen molar-refractivity contribution in [1.29, 1.82) is 0 Å². The molecule has 1 amide bonds. The highest BCUT2D eigenvalue weighted by Gasteiger charge is 2.51. The van der Waals surface area contributed by atoms with Gasteiger partial charge in [-0.2, -0.15) is 5.10 Å². The zero-order valence-electron chi connectivity index (χ0n) is 20.7. The van der Waals surface area contributed by atoms with Crippen LogP contribution in [0.2, 0.25) is 0 Å². The van der Waals surface area contributed by atoms with E-state index in [4.69, 9.17) is 9.47 Å². The van der Waals surface area contributed by atoms with Crippen LogP contribution in [0.25, 0.3) is 11.1 Å². The molecule has 2 aromatic rings. The molecule has 2 saturated carbocycles. The number of hydrogen-bond acceptors (Lipinski definition) is 5. The third-order valence-corrected chi connectivity index (χ3v) is 8.61. The van der Waals surface area contributed by atoms with Gasteiger partial charge in [0.2, 0.25) is 0 Å². The number of carboxylic acid groups (broad SMARTS) is 1. The van der Waals surface area contributed by atoms with Crippen molar-refractivity contribution in [2.24, 2.45) is 7.05 Å². The Balaban J connectivity index is 1.27. The molecular formula is C27H35N3O5. The zero-order valence-corrected chi connectivity index (χ0v) is 20.7. The molecule has 2 aliphatic carbocycles. The number of nitrogens with zero attached hydrogens (tertiary/aromatic N) is 3. The van der Waals surface area contributed by atoms with Gasteiger partial charge in [-0.3, -0.25) is 9.48 Å². The first-order chi connectivity index (χ1) is 16.8. The maximum absolute atomic E-state index is 12.6. The van der Waals surface area contributed by atoms with E-state index in [2.05, 4.69) is 29.4 Å². The third-order valence-electron chi connectivity index (χ3n) is 8.61. The number of carboxylic acids is 1. The Morgan fingerprint density at radius 3 is 2.46 bits per heavy atom. The SMILES string of the molecule is CN(C(=O)OCc1c(-c2ccc(C34CCC(CC(=O)O)(CC3)OC4)cc2)cnn1C)C1CCCC1. The van der Waals surface area contributed by atoms with Crippen molar-refractivity contribution in [2.45, 2.75) is 81.5 Å². The molecule has 35 heavy (non-hydrogen) atoms. The van der Waals surface area contributed by atoms with Crippen LogP contribution in [0.1, 0.15) is 69.0 Å². The van der Waals surface area contributed by atoms with Gasteiger partial charge in [0.25, 0.3) is 0 Å². The molecule has 4 aliphatic rings. The van der Waals surface area contributed by atoms with E-state index in [1.807, 2.05) is 20.3 Å². The lowest BCUT2D eigenvalue weighted by Gasteiger charge is -2.53. The van der Waals surface area contributed by atoms with Crippen molar-refractivity contribution in [3.8, 4) is 11.1 Å². The zero-order chi connectivity index (χ0) is 24.6. The monoisotopic (exact) mass is 481 g/mol. The molecule has 1 N–H and O–H groups in total. The summed E-state index contributed by atoms with van der Waals surface area (Å²) >= 11 is 0. The fourth-order valence-electron chi connectivity index (χ4n) is 6.19. The van der Waals surface area contributed by atoms with Crippen molar-refractivity contribution in [3.05, 3.63) is 41.7 Å². The van der Waals surface area contributed by atoms with Crippen LogP contribution < -0.4 is 0 Å². The second-order valence-electron chi connectivity index (χ2n) is 10.6. The molecule has 4 fully saturated rings. The molecule has 188 valence electrons. The Morgan fingerprint density at radius 2 is 1.86 bits per heavy atom. The fraction of sp³-hybridized carbons (Fsp3) is 0.593. The molecule has 0 unspecified atom stereocenters. The average molecular weight is 482 g/mol. The summed E-state index contributed by atoms with van der Waals surface area (Å²) < 4.78 is 13.6. The van der Waals surface area contributed by atoms with Crippen molar-refractivity contribution < 1.29 is 24.2 Å². The second-order valence-corrected chi connectivity index (χ2v) is 10.6. The number of aryl methyl sites for hydroxylation is 1. The van der Waals surface area contributed by atoms with Crippen LogP contribution in [0, 0.1) is 0 Å². The van der Waals surface area contributed by atoms with E-state index in [1.165, 1.54) is 18.4 Å². The van der Waals surface area contributed by atoms with Gasteiger partial charge in [0.05, 0.1) is 30.5 Å². The van der Waals surface area contributed by atoms with E-state index >= 15 is 0 Å². The van der Waals surface area contributed by atoms with Gasteiger partial charge in [0.1, 0.15) is 6.61 Å². The predicted octanol–water partition coefficient (Wildman–Crippen LogP) is 4.65. The quantitative estimate of drug-likeness (QED) is 0.619. The van der Waals surface area contributed by atoms with Crippen LogP contribution in [-0.4, -0.2) is 57.1 Å². The Morgan fingerprint density at radius 1 is 1.17 bits per heavy atom. The number of carbonyl (C=O) groups excluding carboxylic acids is 1. The number of rotatable bonds is 7. The molecule has 1 aromatic carbocycles. The number of fused-ring (bicyclic) bond motifs is 3. The van der Waals surface area contributed by atoms with E-state index in [0.29, 0.717) is 6.61 Å². The lowest BCUT2D eigenvalue weighted by atomic mass is 9.62. The van der Waals surface area contributed by atoms with Gasteiger partial charge in [0.15, 0.2) is 0 Å². The molecule has 2 saturated heterocycles. The Kier molecular flexibility index (Phi) is 6.34. The summed E-state index contributed by atoms with van der Waals surface area (Å²) in [6.07, 6.45) is 9.51. The lowest BCUT2D eigenvalue weighted by Crippen LogP contribution is -2.54. The van der Waals surface area contributed by atoms with Crippen LogP contribution in [0.15, 0.2) is 30.5 Å². The second kappa shape index (κ2) is 9.30. The minimum atomic E-state index is -0.785. The maximum Gasteiger partial charge on any atom is 0.410 e. The van der Waals surface area contributed by atoms with Crippen LogP contribution in [0.3, 0.4) is 0 Å². The minimum Gasteiger partial charge on any atom is -0.481 e. The Bertz CT molecular complexity index is 1060. The molecule has 3 heterocycles. The Labute approximate surface area is 206 Å². The number of aromatic nitrogens is 2. The number of benzene rings is 1. The smallest absolute Gasteiger partial charge is 0.410 e. The van der Waals surface area contributed by atoms with Gasteiger partial charge in [-0.1, -0.05) is 37.1 Å². The standard InChI is InChI=1S/C27H35N3O5/c1-29(21-5-3-4-6-21)25(33)34-17-23-22(16-28-30(23)2)19-7-9-20(10-8-19)26-11-13-27(14-12-26,35-18-26)15-24(31)32/h7-10,16,21H,3-6,11-15,17-18H2,1-2H3,(H,31,32). The van der Waals surface area contributed by atoms with Crippen molar-refractivity contribution in [3.63, 3.8) is 0 Å². The van der Waals surface area contributed by atoms with Gasteiger partial charge in [-0.05, 0) is 49.7 Å². The first-order valence-electron chi connectivity index (χ1n) is 12.7. The van der Waals surface area contributed by atoms with Crippen molar-refractivity contribution >= 4 is 12.1 Å². The maximum atomic E-state index is 12.6. The molecule has 8 heteroatoms. The molecule has 6 rings (SSSR count). The van der Waals surface area contributed by atoms with Crippen LogP contribution in [-0.2, 0) is 33.3 Å². The average Bonchev–Trinajstić information content (AvgIpc) is 3.53. The Hall–Kier alpha value is -2.87. The number of ether oxygens (including phenoxy) is 2. The van der Waals surface area contributed by atoms with Crippen LogP contribution in [0.5, 0.6) is 0 Å². The molecule has 2 aliphatic heterocycles. The van der Waals surface area contributed by atoms with E-state index in [1.54, 1.807) is 9.58 Å². The van der Waals surface area contributed by atoms with Crippen molar-refractivity contribution in [2.75, 3.05) is 13.7 Å². The third kappa shape index (κ3) is 4.56. The van der Waals surface area contributed by atoms with Gasteiger partial charge in [0, 0.05) is 31.1 Å². The summed E-state index contributed by atoms with van der Waals surface area (Å²) in [7, 11) is 3.69. The fourth-order valence-corrected chi connectivity index (χ4v) is 6.19. The van der Waals surface area contributed by atoms with E-state index < -0.39 is 11.6 Å². The molecule has 2 bridgehead atoms. The summed E-state index contributed by atoms with van der Waals surface area (Å²) in [6.45, 7) is 0.745. The number of aliphatic carboxylic acids is 1. The van der Waals surface area contributed by atoms with Gasteiger partial charge in [-0.25, -0.2) is 4.79 Å². The van der Waals surface area contributed by atoms with Crippen LogP contribution >= 0.6 is 0 Å². The summed E-state index contributed by atoms with van der Waals surface area (Å²) in [5.41, 5.74) is 3.55. The van der Waals surface area contributed by atoms with E-state index in [9.17, 15) is 14.7 Å². The highest BCUT2D eigenvalue weighted by molar-refractivity contribution is 5.69. The highest BCUT2D eigenvalue weighted by atomic mass is 16.6. The van der Waals surface area contributed by atoms with E-state index in [-0.39, 0.29) is 30.6 Å². The minimum absolute atomic E-state index is 0.0447. The molecular weight excluding hydrogens is 446 g/mol. The predicted molar refractivity (Wildman–Crippen MR) is 130 cm³/mol. The largest absolute Gasteiger partial charge is 0.481 e. The van der Waals surface area contributed by atoms with Crippen LogP contribution in [0.4, 0.5) is 4.79 Å². The molecule has 0 radical (unpaired) electrons. The molecule has 0 spiro atoms. The van der Waals surface area contributed by atoms with Crippen molar-refractivity contribution in [1.82, 2.24) is 14.7 Å². The molecule has 1 aromatic heterocycles. The molecule has 8 nitrogen and oxygen atoms in total. The first kappa shape index (κ1) is 23.9.